The zero-order chi connectivity index (χ0) is 15.1. The van der Waals surface area contributed by atoms with E-state index in [-0.39, 0.29) is 5.84 Å². The summed E-state index contributed by atoms with van der Waals surface area (Å²) in [5, 5.41) is 7.46. The molecule has 4 nitrogen and oxygen atoms in total. The SMILES string of the molecule is CN(CCOc1ccccc1)Cc1cccc(C(=N)N)c1. The summed E-state index contributed by atoms with van der Waals surface area (Å²) >= 11 is 0. The number of benzene rings is 2. The second kappa shape index (κ2) is 7.45. The molecular formula is C17H21N3O. The summed E-state index contributed by atoms with van der Waals surface area (Å²) in [5.41, 5.74) is 7.42. The first-order valence-electron chi connectivity index (χ1n) is 6.95. The molecule has 2 rings (SSSR count). The standard InChI is InChI=1S/C17H21N3O/c1-20(10-11-21-16-8-3-2-4-9-16)13-14-6-5-7-15(12-14)17(18)19/h2-9,12H,10-11,13H2,1H3,(H3,18,19). The summed E-state index contributed by atoms with van der Waals surface area (Å²) in [6, 6.07) is 17.6. The highest BCUT2D eigenvalue weighted by molar-refractivity contribution is 5.95. The fraction of sp³-hybridized carbons (Fsp3) is 0.235. The first-order valence-corrected chi connectivity index (χ1v) is 6.95. The van der Waals surface area contributed by atoms with Gasteiger partial charge in [-0.2, -0.15) is 0 Å². The topological polar surface area (TPSA) is 62.3 Å². The van der Waals surface area contributed by atoms with Crippen molar-refractivity contribution in [3.05, 3.63) is 65.7 Å². The van der Waals surface area contributed by atoms with E-state index in [9.17, 15) is 0 Å². The van der Waals surface area contributed by atoms with Crippen molar-refractivity contribution in [3.63, 3.8) is 0 Å². The maximum atomic E-state index is 7.46. The number of hydrogen-bond acceptors (Lipinski definition) is 3. The van der Waals surface area contributed by atoms with Crippen LogP contribution in [0.15, 0.2) is 54.6 Å². The molecule has 0 aliphatic rings. The van der Waals surface area contributed by atoms with E-state index in [1.807, 2.05) is 54.6 Å². The van der Waals surface area contributed by atoms with Gasteiger partial charge in [-0.25, -0.2) is 0 Å². The second-order valence-corrected chi connectivity index (χ2v) is 5.01. The lowest BCUT2D eigenvalue weighted by Crippen LogP contribution is -2.24. The van der Waals surface area contributed by atoms with Crippen molar-refractivity contribution in [2.24, 2.45) is 5.73 Å². The molecule has 0 unspecified atom stereocenters. The first-order chi connectivity index (χ1) is 10.1. The van der Waals surface area contributed by atoms with Gasteiger partial charge in [-0.3, -0.25) is 10.3 Å². The van der Waals surface area contributed by atoms with Crippen LogP contribution in [-0.2, 0) is 6.54 Å². The monoisotopic (exact) mass is 283 g/mol. The lowest BCUT2D eigenvalue weighted by molar-refractivity contribution is 0.233. The Morgan fingerprint density at radius 1 is 1.14 bits per heavy atom. The van der Waals surface area contributed by atoms with Gasteiger partial charge >= 0.3 is 0 Å². The first kappa shape index (κ1) is 15.1. The number of para-hydroxylation sites is 1. The van der Waals surface area contributed by atoms with Crippen LogP contribution in [-0.4, -0.2) is 30.9 Å². The maximum Gasteiger partial charge on any atom is 0.122 e. The molecule has 0 aromatic heterocycles. The largest absolute Gasteiger partial charge is 0.492 e. The predicted octanol–water partition coefficient (Wildman–Crippen LogP) is 2.48. The molecule has 0 aliphatic carbocycles. The van der Waals surface area contributed by atoms with Crippen molar-refractivity contribution in [1.29, 1.82) is 5.41 Å². The van der Waals surface area contributed by atoms with Crippen molar-refractivity contribution in [1.82, 2.24) is 4.90 Å². The normalized spacial score (nSPS) is 10.6. The Morgan fingerprint density at radius 2 is 1.90 bits per heavy atom. The lowest BCUT2D eigenvalue weighted by atomic mass is 10.1. The van der Waals surface area contributed by atoms with E-state index in [0.717, 1.165) is 30.0 Å². The highest BCUT2D eigenvalue weighted by Gasteiger charge is 2.03. The Labute approximate surface area is 125 Å². The fourth-order valence-corrected chi connectivity index (χ4v) is 2.06. The number of nitrogens with zero attached hydrogens (tertiary/aromatic N) is 1. The number of nitrogens with one attached hydrogen (secondary N) is 1. The quantitative estimate of drug-likeness (QED) is 0.606. The average molecular weight is 283 g/mol. The van der Waals surface area contributed by atoms with Gasteiger partial charge < -0.3 is 10.5 Å². The van der Waals surface area contributed by atoms with Gasteiger partial charge in [0.1, 0.15) is 18.2 Å². The van der Waals surface area contributed by atoms with Gasteiger partial charge in [0.05, 0.1) is 0 Å². The Hall–Kier alpha value is -2.33. The van der Waals surface area contributed by atoms with Crippen LogP contribution in [0.1, 0.15) is 11.1 Å². The van der Waals surface area contributed by atoms with Crippen LogP contribution in [0.4, 0.5) is 0 Å². The van der Waals surface area contributed by atoms with E-state index in [0.29, 0.717) is 6.61 Å². The van der Waals surface area contributed by atoms with Crippen molar-refractivity contribution in [2.45, 2.75) is 6.54 Å². The summed E-state index contributed by atoms with van der Waals surface area (Å²) in [5.74, 6) is 0.997. The van der Waals surface area contributed by atoms with Gasteiger partial charge in [0, 0.05) is 18.7 Å². The minimum atomic E-state index is 0.104. The predicted molar refractivity (Wildman–Crippen MR) is 85.7 cm³/mol. The van der Waals surface area contributed by atoms with Gasteiger partial charge in [0.25, 0.3) is 0 Å². The highest BCUT2D eigenvalue weighted by Crippen LogP contribution is 2.09. The molecular weight excluding hydrogens is 262 g/mol. The van der Waals surface area contributed by atoms with Gasteiger partial charge in [0.15, 0.2) is 0 Å². The van der Waals surface area contributed by atoms with E-state index < -0.39 is 0 Å². The molecule has 4 heteroatoms. The Balaban J connectivity index is 1.80. The lowest BCUT2D eigenvalue weighted by Gasteiger charge is -2.17. The van der Waals surface area contributed by atoms with Crippen LogP contribution in [0.2, 0.25) is 0 Å². The Morgan fingerprint density at radius 3 is 2.62 bits per heavy atom. The van der Waals surface area contributed by atoms with Crippen LogP contribution < -0.4 is 10.5 Å². The van der Waals surface area contributed by atoms with E-state index in [2.05, 4.69) is 11.9 Å². The van der Waals surface area contributed by atoms with E-state index >= 15 is 0 Å². The van der Waals surface area contributed by atoms with E-state index in [1.54, 1.807) is 0 Å². The van der Waals surface area contributed by atoms with Gasteiger partial charge in [-0.1, -0.05) is 36.4 Å². The number of nitrogen functional groups attached to an aromatic ring is 1. The van der Waals surface area contributed by atoms with Crippen LogP contribution in [0, 0.1) is 5.41 Å². The molecule has 2 aromatic carbocycles. The van der Waals surface area contributed by atoms with Crippen LogP contribution in [0.25, 0.3) is 0 Å². The van der Waals surface area contributed by atoms with Crippen molar-refractivity contribution in [3.8, 4) is 5.75 Å². The third-order valence-corrected chi connectivity index (χ3v) is 3.18. The molecule has 0 fully saturated rings. The second-order valence-electron chi connectivity index (χ2n) is 5.01. The number of nitrogens with two attached hydrogens (primary N) is 1. The summed E-state index contributed by atoms with van der Waals surface area (Å²) in [6.45, 7) is 2.28. The zero-order valence-electron chi connectivity index (χ0n) is 12.3. The number of hydrogen-bond donors (Lipinski definition) is 2. The third kappa shape index (κ3) is 4.93. The minimum Gasteiger partial charge on any atom is -0.492 e. The molecule has 0 spiro atoms. The van der Waals surface area contributed by atoms with Gasteiger partial charge in [0.2, 0.25) is 0 Å². The molecule has 0 saturated heterocycles. The summed E-state index contributed by atoms with van der Waals surface area (Å²) in [6.07, 6.45) is 0. The molecule has 2 aromatic rings. The highest BCUT2D eigenvalue weighted by atomic mass is 16.5. The molecule has 0 saturated carbocycles. The summed E-state index contributed by atoms with van der Waals surface area (Å²) in [4.78, 5) is 2.18. The molecule has 21 heavy (non-hydrogen) atoms. The number of ether oxygens (including phenoxy) is 1. The Kier molecular flexibility index (Phi) is 5.35. The molecule has 0 bridgehead atoms. The Bertz CT molecular complexity index is 584. The average Bonchev–Trinajstić information content (AvgIpc) is 2.48. The van der Waals surface area contributed by atoms with Crippen molar-refractivity contribution < 1.29 is 4.74 Å². The van der Waals surface area contributed by atoms with Crippen LogP contribution in [0.3, 0.4) is 0 Å². The van der Waals surface area contributed by atoms with Crippen LogP contribution >= 0.6 is 0 Å². The van der Waals surface area contributed by atoms with Gasteiger partial charge in [-0.05, 0) is 30.8 Å². The third-order valence-electron chi connectivity index (χ3n) is 3.18. The molecule has 0 heterocycles. The molecule has 0 atom stereocenters. The van der Waals surface area contributed by atoms with Crippen LogP contribution in [0.5, 0.6) is 5.75 Å². The molecule has 3 N–H and O–H groups in total. The van der Waals surface area contributed by atoms with Gasteiger partial charge in [-0.15, -0.1) is 0 Å². The molecule has 0 aliphatic heterocycles. The van der Waals surface area contributed by atoms with E-state index in [1.165, 1.54) is 0 Å². The summed E-state index contributed by atoms with van der Waals surface area (Å²) < 4.78 is 5.68. The fourth-order valence-electron chi connectivity index (χ4n) is 2.06. The van der Waals surface area contributed by atoms with E-state index in [4.69, 9.17) is 15.9 Å². The van der Waals surface area contributed by atoms with Crippen molar-refractivity contribution >= 4 is 5.84 Å². The molecule has 0 amide bonds. The smallest absolute Gasteiger partial charge is 0.122 e. The maximum absolute atomic E-state index is 7.46. The number of likely N-dealkylation sites (N-methyl/N-ethyl adjacent to an activating group) is 1. The van der Waals surface area contributed by atoms with Crippen molar-refractivity contribution in [2.75, 3.05) is 20.2 Å². The molecule has 0 radical (unpaired) electrons. The number of amidine groups is 1. The molecule has 110 valence electrons. The zero-order valence-corrected chi connectivity index (χ0v) is 12.3. The summed E-state index contributed by atoms with van der Waals surface area (Å²) in [7, 11) is 2.05. The minimum absolute atomic E-state index is 0.104. The number of rotatable bonds is 7.